The monoisotopic (exact) mass is 275 g/mol. The smallest absolute Gasteiger partial charge is 1.00 e. The quantitative estimate of drug-likeness (QED) is 0.305. The van der Waals surface area contributed by atoms with Gasteiger partial charge in [-0.05, 0) is 0 Å². The molecule has 0 saturated heterocycles. The zero-order valence-corrected chi connectivity index (χ0v) is 8.29. The normalized spacial score (nSPS) is 7.38. The predicted molar refractivity (Wildman–Crippen MR) is 25.3 cm³/mol. The van der Waals surface area contributed by atoms with Crippen molar-refractivity contribution in [3.8, 4) is 0 Å². The van der Waals surface area contributed by atoms with Gasteiger partial charge in [0.15, 0.2) is 17.4 Å². The van der Waals surface area contributed by atoms with Gasteiger partial charge in [0.1, 0.15) is 0 Å². The molecule has 8 heavy (non-hydrogen) atoms. The van der Waals surface area contributed by atoms with E-state index in [2.05, 4.69) is 0 Å². The Kier molecular flexibility index (Phi) is 26.5. The first-order valence-corrected chi connectivity index (χ1v) is 2.35. The van der Waals surface area contributed by atoms with Gasteiger partial charge >= 0.3 is 26.7 Å². The SMILES string of the molecule is O=P(O)(O)O.[AlH3].[H-].[La].[Li+]. The van der Waals surface area contributed by atoms with Crippen LogP contribution in [0.2, 0.25) is 0 Å². The molecule has 0 spiro atoms. The summed E-state index contributed by atoms with van der Waals surface area (Å²) in [6, 6.07) is 0. The van der Waals surface area contributed by atoms with Crippen molar-refractivity contribution in [2.45, 2.75) is 0 Å². The summed E-state index contributed by atoms with van der Waals surface area (Å²) in [5, 5.41) is 0. The fraction of sp³-hybridized carbons (Fsp3) is 0. The van der Waals surface area contributed by atoms with E-state index in [4.69, 9.17) is 19.2 Å². The summed E-state index contributed by atoms with van der Waals surface area (Å²) in [7, 11) is -4.64. The van der Waals surface area contributed by atoms with Crippen LogP contribution in [0.5, 0.6) is 0 Å². The molecule has 0 atom stereocenters. The van der Waals surface area contributed by atoms with Crippen molar-refractivity contribution in [2.24, 2.45) is 0 Å². The molecule has 0 rings (SSSR count). The average Bonchev–Trinajstić information content (AvgIpc) is 0.722. The second-order valence-corrected chi connectivity index (χ2v) is 1.54. The number of phosphoric acid groups is 1. The van der Waals surface area contributed by atoms with E-state index in [1.165, 1.54) is 0 Å². The molecule has 0 heterocycles. The number of rotatable bonds is 0. The van der Waals surface area contributed by atoms with E-state index in [0.717, 1.165) is 0 Å². The third-order valence-corrected chi connectivity index (χ3v) is 0. The third kappa shape index (κ3) is 78.7. The van der Waals surface area contributed by atoms with E-state index in [1.807, 2.05) is 0 Å². The molecule has 3 N–H and O–H groups in total. The van der Waals surface area contributed by atoms with Crippen LogP contribution in [-0.2, 0) is 4.57 Å². The van der Waals surface area contributed by atoms with Gasteiger partial charge in [0.2, 0.25) is 0 Å². The Labute approximate surface area is 99.1 Å². The molecular formula is H7AlLaLiO4P. The van der Waals surface area contributed by atoms with Crippen LogP contribution in [0.3, 0.4) is 0 Å². The van der Waals surface area contributed by atoms with Crippen molar-refractivity contribution in [3.63, 3.8) is 0 Å². The Bertz CT molecular complexity index is 66.7. The average molecular weight is 275 g/mol. The van der Waals surface area contributed by atoms with Crippen molar-refractivity contribution in [1.29, 1.82) is 0 Å². The maximum absolute atomic E-state index is 8.88. The molecule has 43 valence electrons. The Morgan fingerprint density at radius 1 is 1.25 bits per heavy atom. The van der Waals surface area contributed by atoms with Gasteiger partial charge in [0, 0.05) is 35.6 Å². The molecule has 0 fully saturated rings. The van der Waals surface area contributed by atoms with E-state index < -0.39 is 7.82 Å². The first kappa shape index (κ1) is 22.4. The van der Waals surface area contributed by atoms with Gasteiger partial charge in [-0.25, -0.2) is 4.57 Å². The molecule has 0 aromatic carbocycles. The molecule has 0 aliphatic rings. The first-order chi connectivity index (χ1) is 2.00. The van der Waals surface area contributed by atoms with Gasteiger partial charge in [-0.3, -0.25) is 0 Å². The maximum Gasteiger partial charge on any atom is 1.00 e. The van der Waals surface area contributed by atoms with Gasteiger partial charge < -0.3 is 16.1 Å². The number of hydrogen-bond donors (Lipinski definition) is 3. The molecule has 0 unspecified atom stereocenters. The topological polar surface area (TPSA) is 77.8 Å². The van der Waals surface area contributed by atoms with Crippen molar-refractivity contribution in [1.82, 2.24) is 0 Å². The molecule has 0 amide bonds. The van der Waals surface area contributed by atoms with E-state index in [9.17, 15) is 0 Å². The standard InChI is InChI=1S/Al.La.Li.H3O4P.4H/c;;;1-5(2,3)4;;;;/h;;;(H3,1,2,3,4);;;;/q;;+1;;;;;-1. The van der Waals surface area contributed by atoms with Crippen LogP contribution in [0.15, 0.2) is 0 Å². The van der Waals surface area contributed by atoms with E-state index in [-0.39, 0.29) is 73.2 Å². The van der Waals surface area contributed by atoms with Crippen molar-refractivity contribution in [2.75, 3.05) is 0 Å². The zero-order chi connectivity index (χ0) is 4.50. The van der Waals surface area contributed by atoms with Crippen LogP contribution >= 0.6 is 7.82 Å². The minimum atomic E-state index is -4.64. The molecule has 8 heteroatoms. The molecule has 4 nitrogen and oxygen atoms in total. The van der Waals surface area contributed by atoms with Crippen molar-refractivity contribution >= 4 is 25.2 Å². The Morgan fingerprint density at radius 3 is 1.25 bits per heavy atom. The van der Waals surface area contributed by atoms with Gasteiger partial charge in [0.05, 0.1) is 0 Å². The van der Waals surface area contributed by atoms with Gasteiger partial charge in [0.25, 0.3) is 0 Å². The largest absolute Gasteiger partial charge is 1.00 e. The van der Waals surface area contributed by atoms with Crippen molar-refractivity contribution in [3.05, 3.63) is 0 Å². The van der Waals surface area contributed by atoms with Crippen LogP contribution < -0.4 is 18.9 Å². The van der Waals surface area contributed by atoms with E-state index in [1.54, 1.807) is 0 Å². The van der Waals surface area contributed by atoms with Crippen LogP contribution in [0.25, 0.3) is 0 Å². The summed E-state index contributed by atoms with van der Waals surface area (Å²) in [5.41, 5.74) is 0. The molecular weight excluding hydrogens is 268 g/mol. The van der Waals surface area contributed by atoms with Crippen LogP contribution in [0.4, 0.5) is 0 Å². The zero-order valence-electron chi connectivity index (χ0n) is 4.77. The fourth-order valence-electron chi connectivity index (χ4n) is 0. The summed E-state index contributed by atoms with van der Waals surface area (Å²) in [4.78, 5) is 21.6. The van der Waals surface area contributed by atoms with Crippen LogP contribution in [0.1, 0.15) is 1.43 Å². The first-order valence-electron chi connectivity index (χ1n) is 0.783. The Balaban J connectivity index is -0.0000000133. The maximum atomic E-state index is 8.88. The summed E-state index contributed by atoms with van der Waals surface area (Å²) < 4.78 is 8.88. The summed E-state index contributed by atoms with van der Waals surface area (Å²) in [6.07, 6.45) is 0. The molecule has 1 radical (unpaired) electrons. The molecule has 0 aliphatic heterocycles. The second kappa shape index (κ2) is 9.43. The van der Waals surface area contributed by atoms with Gasteiger partial charge in [-0.1, -0.05) is 0 Å². The molecule has 0 aliphatic carbocycles. The molecule has 0 aromatic heterocycles. The summed E-state index contributed by atoms with van der Waals surface area (Å²) in [6.45, 7) is 0. The minimum absolute atomic E-state index is 0. The molecule has 0 saturated carbocycles. The van der Waals surface area contributed by atoms with E-state index in [0.29, 0.717) is 0 Å². The molecule has 0 bridgehead atoms. The van der Waals surface area contributed by atoms with Crippen LogP contribution in [-0.4, -0.2) is 32.0 Å². The number of hydrogen-bond acceptors (Lipinski definition) is 1. The summed E-state index contributed by atoms with van der Waals surface area (Å²) in [5.74, 6) is 0. The minimum Gasteiger partial charge on any atom is -1.00 e. The van der Waals surface area contributed by atoms with Crippen molar-refractivity contribution < 1.29 is 75.1 Å². The van der Waals surface area contributed by atoms with Gasteiger partial charge in [-0.15, -0.1) is 0 Å². The Hall–Kier alpha value is 2.43. The second-order valence-electron chi connectivity index (χ2n) is 0.513. The van der Waals surface area contributed by atoms with Crippen LogP contribution in [0, 0.1) is 35.6 Å². The summed E-state index contributed by atoms with van der Waals surface area (Å²) >= 11 is 0. The fourth-order valence-corrected chi connectivity index (χ4v) is 0. The Morgan fingerprint density at radius 2 is 1.25 bits per heavy atom. The molecule has 0 aromatic rings. The van der Waals surface area contributed by atoms with Gasteiger partial charge in [-0.2, -0.15) is 0 Å². The third-order valence-electron chi connectivity index (χ3n) is 0. The van der Waals surface area contributed by atoms with E-state index >= 15 is 0 Å². The predicted octanol–water partition coefficient (Wildman–Crippen LogP) is -5.00.